The van der Waals surface area contributed by atoms with Crippen LogP contribution in [0.5, 0.6) is 0 Å². The van der Waals surface area contributed by atoms with E-state index in [0.29, 0.717) is 12.0 Å². The van der Waals surface area contributed by atoms with Crippen LogP contribution in [0.3, 0.4) is 0 Å². The van der Waals surface area contributed by atoms with Crippen LogP contribution in [-0.2, 0) is 33.7 Å². The second kappa shape index (κ2) is 9.49. The van der Waals surface area contributed by atoms with Gasteiger partial charge in [-0.15, -0.1) is 0 Å². The average Bonchev–Trinajstić information content (AvgIpc) is 2.81. The van der Waals surface area contributed by atoms with Crippen molar-refractivity contribution < 1.29 is 23.9 Å². The lowest BCUT2D eigenvalue weighted by Crippen LogP contribution is -2.54. The number of carbonyl (C=O) groups excluding carboxylic acids is 3. The number of aryl methyl sites for hydroxylation is 1. The maximum Gasteiger partial charge on any atom is 0.411 e. The van der Waals surface area contributed by atoms with Crippen molar-refractivity contribution in [1.82, 2.24) is 10.2 Å². The number of hydrogen-bond acceptors (Lipinski definition) is 5. The lowest BCUT2D eigenvalue weighted by atomic mass is 9.87. The van der Waals surface area contributed by atoms with E-state index in [2.05, 4.69) is 17.4 Å². The number of nitrogens with one attached hydrogen (secondary N) is 1. The normalized spacial score (nSPS) is 19.5. The number of methoxy groups -OCH3 is 1. The molecule has 0 aromatic heterocycles. The highest BCUT2D eigenvalue weighted by Gasteiger charge is 2.38. The number of benzene rings is 2. The second-order valence-corrected chi connectivity index (χ2v) is 9.96. The lowest BCUT2D eigenvalue weighted by molar-refractivity contribution is -0.128. The number of rotatable bonds is 3. The molecular formula is C27H32N2O5. The molecule has 7 heteroatoms. The van der Waals surface area contributed by atoms with Crippen LogP contribution >= 0.6 is 0 Å². The summed E-state index contributed by atoms with van der Waals surface area (Å²) in [7, 11) is 1.33. The van der Waals surface area contributed by atoms with Gasteiger partial charge in [-0.2, -0.15) is 0 Å². The van der Waals surface area contributed by atoms with Crippen LogP contribution in [0.4, 0.5) is 4.79 Å². The first kappa shape index (κ1) is 23.8. The molecule has 2 amide bonds. The molecule has 1 N–H and O–H groups in total. The molecule has 34 heavy (non-hydrogen) atoms. The first-order valence-electron chi connectivity index (χ1n) is 11.7. The fourth-order valence-electron chi connectivity index (χ4n) is 4.75. The van der Waals surface area contributed by atoms with Crippen molar-refractivity contribution in [1.29, 1.82) is 0 Å². The fraction of sp³-hybridized carbons (Fsp3) is 0.444. The third-order valence-electron chi connectivity index (χ3n) is 6.37. The van der Waals surface area contributed by atoms with Gasteiger partial charge in [-0.3, -0.25) is 9.69 Å². The Bertz CT molecular complexity index is 1100. The summed E-state index contributed by atoms with van der Waals surface area (Å²) in [4.78, 5) is 40.2. The van der Waals surface area contributed by atoms with Gasteiger partial charge in [0.15, 0.2) is 0 Å². The number of esters is 1. The van der Waals surface area contributed by atoms with Gasteiger partial charge in [-0.05, 0) is 74.4 Å². The number of hydrogen-bond donors (Lipinski definition) is 1. The predicted molar refractivity (Wildman–Crippen MR) is 127 cm³/mol. The van der Waals surface area contributed by atoms with Gasteiger partial charge >= 0.3 is 12.1 Å². The minimum atomic E-state index is -0.708. The molecule has 180 valence electrons. The molecule has 0 radical (unpaired) electrons. The Hall–Kier alpha value is -3.35. The highest BCUT2D eigenvalue weighted by molar-refractivity contribution is 5.90. The van der Waals surface area contributed by atoms with Crippen molar-refractivity contribution in [3.05, 3.63) is 70.3 Å². The summed E-state index contributed by atoms with van der Waals surface area (Å²) >= 11 is 0. The molecule has 0 unspecified atom stereocenters. The molecule has 0 fully saturated rings. The number of fused-ring (bicyclic) bond motifs is 2. The molecule has 2 atom stereocenters. The molecule has 1 aliphatic carbocycles. The summed E-state index contributed by atoms with van der Waals surface area (Å²) in [6, 6.07) is 12.7. The highest BCUT2D eigenvalue weighted by atomic mass is 16.6. The Kier molecular flexibility index (Phi) is 6.64. The van der Waals surface area contributed by atoms with Crippen LogP contribution in [0, 0.1) is 0 Å². The molecule has 0 spiro atoms. The first-order valence-corrected chi connectivity index (χ1v) is 11.7. The van der Waals surface area contributed by atoms with Crippen LogP contribution in [0.25, 0.3) is 0 Å². The molecule has 1 aliphatic heterocycles. The molecule has 0 saturated heterocycles. The van der Waals surface area contributed by atoms with Crippen molar-refractivity contribution in [3.8, 4) is 0 Å². The summed E-state index contributed by atoms with van der Waals surface area (Å²) < 4.78 is 10.5. The maximum absolute atomic E-state index is 13.6. The molecule has 0 saturated carbocycles. The van der Waals surface area contributed by atoms with Crippen molar-refractivity contribution in [3.63, 3.8) is 0 Å². The maximum atomic E-state index is 13.6. The van der Waals surface area contributed by atoms with E-state index in [4.69, 9.17) is 9.47 Å². The van der Waals surface area contributed by atoms with Gasteiger partial charge in [0.2, 0.25) is 5.91 Å². The summed E-state index contributed by atoms with van der Waals surface area (Å²) in [5.74, 6) is -0.641. The summed E-state index contributed by atoms with van der Waals surface area (Å²) in [6.45, 7) is 5.57. The van der Waals surface area contributed by atoms with Crippen molar-refractivity contribution >= 4 is 18.0 Å². The Morgan fingerprint density at radius 2 is 1.79 bits per heavy atom. The van der Waals surface area contributed by atoms with Gasteiger partial charge in [0.05, 0.1) is 25.3 Å². The van der Waals surface area contributed by atoms with Gasteiger partial charge in [-0.25, -0.2) is 9.59 Å². The molecule has 1 heterocycles. The molecule has 0 bridgehead atoms. The Balaban J connectivity index is 1.62. The second-order valence-electron chi connectivity index (χ2n) is 9.96. The van der Waals surface area contributed by atoms with E-state index >= 15 is 0 Å². The third kappa shape index (κ3) is 5.08. The largest absolute Gasteiger partial charge is 0.465 e. The number of carbonyl (C=O) groups is 3. The molecule has 2 aromatic rings. The molecule has 4 rings (SSSR count). The number of ether oxygens (including phenoxy) is 2. The summed E-state index contributed by atoms with van der Waals surface area (Å²) in [5, 5.41) is 3.20. The van der Waals surface area contributed by atoms with Gasteiger partial charge in [0, 0.05) is 6.42 Å². The minimum absolute atomic E-state index is 0.0824. The molecule has 2 aliphatic rings. The monoisotopic (exact) mass is 464 g/mol. The van der Waals surface area contributed by atoms with E-state index in [-0.39, 0.29) is 18.5 Å². The number of amides is 2. The van der Waals surface area contributed by atoms with E-state index in [1.165, 1.54) is 17.6 Å². The van der Waals surface area contributed by atoms with E-state index in [9.17, 15) is 14.4 Å². The fourth-order valence-corrected chi connectivity index (χ4v) is 4.75. The molecule has 2 aromatic carbocycles. The van der Waals surface area contributed by atoms with Gasteiger partial charge in [0.1, 0.15) is 11.6 Å². The van der Waals surface area contributed by atoms with Gasteiger partial charge in [-0.1, -0.05) is 30.3 Å². The third-order valence-corrected chi connectivity index (χ3v) is 6.37. The summed E-state index contributed by atoms with van der Waals surface area (Å²) in [5.41, 5.74) is 3.84. The van der Waals surface area contributed by atoms with Crippen molar-refractivity contribution in [2.45, 2.75) is 70.7 Å². The SMILES string of the molecule is COC(=O)c1ccc2c(c1)CN(C(=O)OC(C)(C)C)[C@H](C(=O)N[C@@H]1CCCc3ccccc31)C2. The Labute approximate surface area is 200 Å². The zero-order valence-corrected chi connectivity index (χ0v) is 20.2. The van der Waals surface area contributed by atoms with Crippen molar-refractivity contribution in [2.24, 2.45) is 0 Å². The van der Waals surface area contributed by atoms with Crippen LogP contribution in [0.15, 0.2) is 42.5 Å². The van der Waals surface area contributed by atoms with E-state index in [0.717, 1.165) is 36.0 Å². The summed E-state index contributed by atoms with van der Waals surface area (Å²) in [6.07, 6.45) is 2.66. The predicted octanol–water partition coefficient (Wildman–Crippen LogP) is 4.33. The smallest absolute Gasteiger partial charge is 0.411 e. The highest BCUT2D eigenvalue weighted by Crippen LogP contribution is 2.31. The zero-order valence-electron chi connectivity index (χ0n) is 20.2. The van der Waals surface area contributed by atoms with Crippen LogP contribution in [0.2, 0.25) is 0 Å². The standard InChI is InChI=1S/C27H32N2O5/c1-27(2,3)34-26(32)29-16-20-14-19(25(31)33-4)13-12-18(20)15-23(29)24(30)28-22-11-7-9-17-8-5-6-10-21(17)22/h5-6,8,10,12-14,22-23H,7,9,11,15-16H2,1-4H3,(H,28,30)/t22-,23+/m1/s1. The lowest BCUT2D eigenvalue weighted by Gasteiger charge is -2.38. The van der Waals surface area contributed by atoms with Gasteiger partial charge in [0.25, 0.3) is 0 Å². The zero-order chi connectivity index (χ0) is 24.5. The van der Waals surface area contributed by atoms with Gasteiger partial charge < -0.3 is 14.8 Å². The minimum Gasteiger partial charge on any atom is -0.465 e. The topological polar surface area (TPSA) is 84.9 Å². The van der Waals surface area contributed by atoms with E-state index < -0.39 is 23.7 Å². The average molecular weight is 465 g/mol. The quantitative estimate of drug-likeness (QED) is 0.684. The van der Waals surface area contributed by atoms with Crippen molar-refractivity contribution in [2.75, 3.05) is 7.11 Å². The van der Waals surface area contributed by atoms with Crippen LogP contribution in [-0.4, -0.2) is 41.6 Å². The van der Waals surface area contributed by atoms with E-state index in [1.54, 1.807) is 32.9 Å². The van der Waals surface area contributed by atoms with E-state index in [1.807, 2.05) is 18.2 Å². The first-order chi connectivity index (χ1) is 16.2. The number of nitrogens with zero attached hydrogens (tertiary/aromatic N) is 1. The van der Waals surface area contributed by atoms with Crippen LogP contribution in [0.1, 0.15) is 72.3 Å². The molecular weight excluding hydrogens is 432 g/mol. The van der Waals surface area contributed by atoms with Crippen LogP contribution < -0.4 is 5.32 Å². The Morgan fingerprint density at radius 1 is 1.03 bits per heavy atom. The molecule has 7 nitrogen and oxygen atoms in total. The Morgan fingerprint density at radius 3 is 2.53 bits per heavy atom.